The maximum absolute atomic E-state index is 13.9. The van der Waals surface area contributed by atoms with E-state index in [1.54, 1.807) is 25.8 Å². The lowest BCUT2D eigenvalue weighted by molar-refractivity contribution is -0.0102. The number of nitrogens with two attached hydrogens (primary N) is 1. The van der Waals surface area contributed by atoms with Crippen LogP contribution in [0.2, 0.25) is 5.02 Å². The number of amides is 1. The summed E-state index contributed by atoms with van der Waals surface area (Å²) in [7, 11) is 1.66. The zero-order valence-corrected chi connectivity index (χ0v) is 18.8. The van der Waals surface area contributed by atoms with E-state index in [4.69, 9.17) is 16.7 Å². The number of aromatic nitrogens is 1. The summed E-state index contributed by atoms with van der Waals surface area (Å²) in [5.74, 6) is -2.59. The summed E-state index contributed by atoms with van der Waals surface area (Å²) in [6.07, 6.45) is -0.106. The number of aryl methyl sites for hydroxylation is 1. The first kappa shape index (κ1) is 22.8. The Hall–Kier alpha value is -1.90. The SMILES string of the molecule is Cc1nc(N2CCCC(F)(F)CC2)c(C(=O)N(C)c2cccc(SN)c2)c(C)c1Cl. The van der Waals surface area contributed by atoms with Gasteiger partial charge in [-0.3, -0.25) is 9.93 Å². The van der Waals surface area contributed by atoms with Gasteiger partial charge in [-0.25, -0.2) is 13.8 Å². The van der Waals surface area contributed by atoms with Crippen molar-refractivity contribution in [2.45, 2.75) is 43.9 Å². The van der Waals surface area contributed by atoms with Gasteiger partial charge in [0, 0.05) is 43.6 Å². The van der Waals surface area contributed by atoms with Crippen LogP contribution in [0, 0.1) is 13.8 Å². The van der Waals surface area contributed by atoms with Gasteiger partial charge in [-0.05, 0) is 56.0 Å². The monoisotopic (exact) mass is 454 g/mol. The predicted molar refractivity (Wildman–Crippen MR) is 119 cm³/mol. The maximum Gasteiger partial charge on any atom is 0.262 e. The van der Waals surface area contributed by atoms with E-state index in [9.17, 15) is 13.6 Å². The summed E-state index contributed by atoms with van der Waals surface area (Å²) >= 11 is 7.51. The molecule has 30 heavy (non-hydrogen) atoms. The Kier molecular flexibility index (Phi) is 6.89. The Morgan fingerprint density at radius 3 is 2.73 bits per heavy atom. The third kappa shape index (κ3) is 4.71. The summed E-state index contributed by atoms with van der Waals surface area (Å²) in [5.41, 5.74) is 2.17. The molecule has 0 radical (unpaired) electrons. The minimum absolute atomic E-state index is 0.129. The summed E-state index contributed by atoms with van der Waals surface area (Å²) < 4.78 is 27.8. The number of alkyl halides is 2. The van der Waals surface area contributed by atoms with Crippen molar-refractivity contribution in [2.75, 3.05) is 29.9 Å². The number of benzene rings is 1. The molecule has 1 saturated heterocycles. The topological polar surface area (TPSA) is 62.5 Å². The van der Waals surface area contributed by atoms with Crippen LogP contribution < -0.4 is 14.9 Å². The highest BCUT2D eigenvalue weighted by atomic mass is 35.5. The van der Waals surface area contributed by atoms with E-state index in [1.807, 2.05) is 24.3 Å². The number of hydrogen-bond donors (Lipinski definition) is 1. The summed E-state index contributed by atoms with van der Waals surface area (Å²) in [5, 5.41) is 6.05. The van der Waals surface area contributed by atoms with Gasteiger partial charge in [-0.2, -0.15) is 0 Å². The minimum atomic E-state index is -2.70. The van der Waals surface area contributed by atoms with Gasteiger partial charge in [0.2, 0.25) is 5.92 Å². The zero-order chi connectivity index (χ0) is 22.1. The third-order valence-corrected chi connectivity index (χ3v) is 6.48. The number of carbonyl (C=O) groups is 1. The molecule has 0 unspecified atom stereocenters. The van der Waals surface area contributed by atoms with E-state index < -0.39 is 5.92 Å². The maximum atomic E-state index is 13.9. The summed E-state index contributed by atoms with van der Waals surface area (Å²) in [4.78, 5) is 22.2. The molecule has 0 saturated carbocycles. The third-order valence-electron chi connectivity index (χ3n) is 5.40. The molecule has 1 aliphatic heterocycles. The molecule has 1 aromatic carbocycles. The molecule has 3 rings (SSSR count). The Labute approximate surface area is 184 Å². The lowest BCUT2D eigenvalue weighted by atomic mass is 10.1. The van der Waals surface area contributed by atoms with Crippen molar-refractivity contribution in [1.82, 2.24) is 4.98 Å². The van der Waals surface area contributed by atoms with Gasteiger partial charge in [0.1, 0.15) is 5.82 Å². The standard InChI is InChI=1S/C21H25ClF2N4OS/c1-13-17(20(29)27(3)15-6-4-7-16(12-15)30-25)19(26-14(2)18(13)22)28-10-5-8-21(23,24)9-11-28/h4,6-7,12H,5,8-11,25H2,1-3H3. The van der Waals surface area contributed by atoms with Crippen LogP contribution in [-0.2, 0) is 0 Å². The zero-order valence-electron chi connectivity index (χ0n) is 17.2. The summed E-state index contributed by atoms with van der Waals surface area (Å²) in [6.45, 7) is 4.06. The van der Waals surface area contributed by atoms with E-state index in [0.29, 0.717) is 46.3 Å². The van der Waals surface area contributed by atoms with Crippen LogP contribution in [0.4, 0.5) is 20.3 Å². The highest BCUT2D eigenvalue weighted by molar-refractivity contribution is 7.97. The molecule has 2 N–H and O–H groups in total. The first-order chi connectivity index (χ1) is 14.1. The first-order valence-corrected chi connectivity index (χ1v) is 10.9. The summed E-state index contributed by atoms with van der Waals surface area (Å²) in [6, 6.07) is 7.29. The van der Waals surface area contributed by atoms with E-state index in [1.165, 1.54) is 4.90 Å². The van der Waals surface area contributed by atoms with Gasteiger partial charge in [0.15, 0.2) is 0 Å². The number of carbonyl (C=O) groups excluding carboxylic acids is 1. The average Bonchev–Trinajstić information content (AvgIpc) is 2.91. The Balaban J connectivity index is 2.04. The van der Waals surface area contributed by atoms with Crippen LogP contribution in [0.1, 0.15) is 40.9 Å². The molecule has 0 spiro atoms. The van der Waals surface area contributed by atoms with Crippen LogP contribution in [0.15, 0.2) is 29.2 Å². The number of anilines is 2. The second-order valence-corrected chi connectivity index (χ2v) is 8.60. The normalized spacial score (nSPS) is 16.3. The van der Waals surface area contributed by atoms with Crippen molar-refractivity contribution in [3.8, 4) is 0 Å². The van der Waals surface area contributed by atoms with E-state index in [0.717, 1.165) is 16.8 Å². The quantitative estimate of drug-likeness (QED) is 0.642. The Morgan fingerprint density at radius 1 is 1.30 bits per heavy atom. The molecule has 2 aromatic rings. The van der Waals surface area contributed by atoms with E-state index in [-0.39, 0.29) is 25.3 Å². The van der Waals surface area contributed by atoms with E-state index >= 15 is 0 Å². The van der Waals surface area contributed by atoms with Gasteiger partial charge in [-0.15, -0.1) is 0 Å². The van der Waals surface area contributed by atoms with Crippen LogP contribution in [0.25, 0.3) is 0 Å². The largest absolute Gasteiger partial charge is 0.356 e. The van der Waals surface area contributed by atoms with Gasteiger partial charge in [-0.1, -0.05) is 17.7 Å². The second kappa shape index (κ2) is 9.08. The van der Waals surface area contributed by atoms with Crippen LogP contribution in [-0.4, -0.2) is 37.0 Å². The lowest BCUT2D eigenvalue weighted by Gasteiger charge is -2.28. The fraction of sp³-hybridized carbons (Fsp3) is 0.429. The highest BCUT2D eigenvalue weighted by Gasteiger charge is 2.34. The van der Waals surface area contributed by atoms with E-state index in [2.05, 4.69) is 4.98 Å². The number of pyridine rings is 1. The molecule has 1 aromatic heterocycles. The smallest absolute Gasteiger partial charge is 0.262 e. The van der Waals surface area contributed by atoms with Gasteiger partial charge < -0.3 is 9.80 Å². The molecule has 5 nitrogen and oxygen atoms in total. The molecule has 162 valence electrons. The van der Waals surface area contributed by atoms with Crippen molar-refractivity contribution in [3.05, 3.63) is 46.1 Å². The molecular weight excluding hydrogens is 430 g/mol. The molecule has 1 amide bonds. The number of hydrogen-bond acceptors (Lipinski definition) is 5. The highest BCUT2D eigenvalue weighted by Crippen LogP contribution is 2.35. The van der Waals surface area contributed by atoms with Crippen LogP contribution in [0.5, 0.6) is 0 Å². The Bertz CT molecular complexity index is 957. The van der Waals surface area contributed by atoms with Crippen molar-refractivity contribution < 1.29 is 13.6 Å². The molecule has 1 aliphatic rings. The number of nitrogens with zero attached hydrogens (tertiary/aromatic N) is 3. The fourth-order valence-corrected chi connectivity index (χ4v) is 4.11. The number of rotatable bonds is 4. The van der Waals surface area contributed by atoms with Gasteiger partial charge in [0.25, 0.3) is 5.91 Å². The molecule has 1 fully saturated rings. The molecule has 0 bridgehead atoms. The van der Waals surface area contributed by atoms with Crippen molar-refractivity contribution in [2.24, 2.45) is 5.14 Å². The van der Waals surface area contributed by atoms with Crippen LogP contribution in [0.3, 0.4) is 0 Å². The van der Waals surface area contributed by atoms with Gasteiger partial charge >= 0.3 is 0 Å². The Morgan fingerprint density at radius 2 is 2.03 bits per heavy atom. The van der Waals surface area contributed by atoms with Crippen molar-refractivity contribution >= 4 is 41.0 Å². The fourth-order valence-electron chi connectivity index (χ4n) is 3.62. The van der Waals surface area contributed by atoms with Crippen molar-refractivity contribution in [1.29, 1.82) is 0 Å². The van der Waals surface area contributed by atoms with Crippen molar-refractivity contribution in [3.63, 3.8) is 0 Å². The molecule has 2 heterocycles. The lowest BCUT2D eigenvalue weighted by Crippen LogP contribution is -2.33. The molecular formula is C21H25ClF2N4OS. The number of halogens is 3. The molecule has 9 heteroatoms. The minimum Gasteiger partial charge on any atom is -0.356 e. The second-order valence-electron chi connectivity index (χ2n) is 7.51. The first-order valence-electron chi connectivity index (χ1n) is 9.69. The van der Waals surface area contributed by atoms with Gasteiger partial charge in [0.05, 0.1) is 16.3 Å². The average molecular weight is 455 g/mol. The molecule has 0 atom stereocenters. The van der Waals surface area contributed by atoms with Crippen LogP contribution >= 0.6 is 23.5 Å². The molecule has 0 aliphatic carbocycles. The predicted octanol–water partition coefficient (Wildman–Crippen LogP) is 5.22.